The van der Waals surface area contributed by atoms with E-state index in [-0.39, 0.29) is 56.3 Å². The minimum atomic E-state index is -2.61. The van der Waals surface area contributed by atoms with E-state index in [1.54, 1.807) is 74.5 Å². The lowest BCUT2D eigenvalue weighted by Gasteiger charge is -2.44. The maximum absolute atomic E-state index is 15.1. The molecule has 0 aromatic carbocycles. The monoisotopic (exact) mass is 1220 g/mol. The fraction of sp³-hybridized carbons (Fsp3) is 0.790. The van der Waals surface area contributed by atoms with Gasteiger partial charge in [0, 0.05) is 55.8 Å². The van der Waals surface area contributed by atoms with E-state index in [0.717, 1.165) is 19.6 Å². The average molecular weight is 1220 g/mol. The van der Waals surface area contributed by atoms with Gasteiger partial charge in [0.25, 0.3) is 5.91 Å². The third kappa shape index (κ3) is 20.7. The van der Waals surface area contributed by atoms with Gasteiger partial charge >= 0.3 is 0 Å². The number of aliphatic hydroxyl groups is 2. The average Bonchev–Trinajstić information content (AvgIpc) is 1.64. The highest BCUT2D eigenvalue weighted by Gasteiger charge is 2.50. The van der Waals surface area contributed by atoms with Crippen LogP contribution in [-0.2, 0) is 52.7 Å². The number of hydrogen-bond donors (Lipinski definition) is 6. The molecule has 86 heavy (non-hydrogen) atoms. The first-order valence-electron chi connectivity index (χ1n) is 30.7. The first-order valence-corrected chi connectivity index (χ1v) is 30.7. The zero-order valence-electron chi connectivity index (χ0n) is 56.4. The van der Waals surface area contributed by atoms with Crippen molar-refractivity contribution in [2.24, 2.45) is 41.4 Å². The van der Waals surface area contributed by atoms with Crippen LogP contribution in [-0.4, -0.2) is 232 Å². The van der Waals surface area contributed by atoms with E-state index in [4.69, 9.17) is 0 Å². The van der Waals surface area contributed by atoms with Crippen molar-refractivity contribution in [1.29, 1.82) is 0 Å². The van der Waals surface area contributed by atoms with Gasteiger partial charge in [-0.15, -0.1) is 0 Å². The largest absolute Gasteiger partial charge is 0.390 e. The quantitative estimate of drug-likeness (QED) is 0.129. The summed E-state index contributed by atoms with van der Waals surface area (Å²) in [5, 5.41) is 35.5. The van der Waals surface area contributed by atoms with Crippen molar-refractivity contribution in [2.45, 2.75) is 222 Å². The molecule has 11 amide bonds. The van der Waals surface area contributed by atoms with Gasteiger partial charge < -0.3 is 65.8 Å². The van der Waals surface area contributed by atoms with Crippen molar-refractivity contribution in [3.05, 3.63) is 12.2 Å². The van der Waals surface area contributed by atoms with Crippen LogP contribution in [0.15, 0.2) is 12.2 Å². The van der Waals surface area contributed by atoms with Crippen LogP contribution in [0.3, 0.4) is 0 Å². The van der Waals surface area contributed by atoms with Crippen LogP contribution in [0.1, 0.15) is 156 Å². The summed E-state index contributed by atoms with van der Waals surface area (Å²) in [6.45, 7) is 28.5. The Morgan fingerprint density at radius 1 is 0.523 bits per heavy atom. The first kappa shape index (κ1) is 77.8. The highest BCUT2D eigenvalue weighted by atomic mass is 16.3. The van der Waals surface area contributed by atoms with Gasteiger partial charge in [-0.2, -0.15) is 0 Å². The number of hydrogen-bond acceptors (Lipinski definition) is 13. The number of amides is 11. The van der Waals surface area contributed by atoms with Crippen LogP contribution in [0.4, 0.5) is 0 Å². The van der Waals surface area contributed by atoms with Gasteiger partial charge in [-0.25, -0.2) is 0 Å². The van der Waals surface area contributed by atoms with E-state index in [2.05, 4.69) is 21.3 Å². The van der Waals surface area contributed by atoms with Gasteiger partial charge in [-0.05, 0) is 94.3 Å². The summed E-state index contributed by atoms with van der Waals surface area (Å²) in [5.41, 5.74) is -2.61. The van der Waals surface area contributed by atoms with E-state index < -0.39 is 161 Å². The fourth-order valence-corrected chi connectivity index (χ4v) is 10.8. The lowest BCUT2D eigenvalue weighted by molar-refractivity contribution is -0.186. The molecule has 1 fully saturated rings. The molecule has 12 atom stereocenters. The van der Waals surface area contributed by atoms with Gasteiger partial charge in [0.1, 0.15) is 54.4 Å². The summed E-state index contributed by atoms with van der Waals surface area (Å²) in [4.78, 5) is 168. The third-order valence-corrected chi connectivity index (χ3v) is 16.2. The lowest BCUT2D eigenvalue weighted by Crippen LogP contribution is -2.66. The summed E-state index contributed by atoms with van der Waals surface area (Å²) in [6, 6.07) is -11.8. The Bertz CT molecular complexity index is 2380. The molecule has 6 N–H and O–H groups in total. The Balaban J connectivity index is 4.37. The van der Waals surface area contributed by atoms with Gasteiger partial charge in [0.15, 0.2) is 0 Å². The number of nitrogens with one attached hydrogen (secondary N) is 4. The molecule has 0 saturated carbocycles. The Morgan fingerprint density at radius 2 is 1.00 bits per heavy atom. The van der Waals surface area contributed by atoms with Crippen LogP contribution in [0.2, 0.25) is 0 Å². The maximum atomic E-state index is 15.1. The van der Waals surface area contributed by atoms with Crippen LogP contribution in [0.25, 0.3) is 0 Å². The Kier molecular flexibility index (Phi) is 31.1. The van der Waals surface area contributed by atoms with Gasteiger partial charge in [-0.1, -0.05) is 109 Å². The summed E-state index contributed by atoms with van der Waals surface area (Å²) in [5.74, 6) is -11.3. The van der Waals surface area contributed by atoms with Crippen LogP contribution in [0, 0.1) is 41.4 Å². The SMILES string of the molecule is C/C=C/C[C@@H](C)[C@@H](O)[C@H]1C(=O)N[C@@H](CC)C(=O)N(C)CC(=O)N(C)[C@@H](CC(C)C)C(=O)N[C@@H](C(C)C)C(=O)N(C)[C@@H](CC(C)C)C(=O)N[C@@H](C)C(=O)N[C@H](C)C(=O)N(C)[C@](O)(CC(C)C)C(=O)N(C)[C@@H](CC(C)C)C(=O)N(C)[C@@H](C(C)C)C(=O)N1C. The zero-order chi connectivity index (χ0) is 66.9. The highest BCUT2D eigenvalue weighted by Crippen LogP contribution is 2.29. The van der Waals surface area contributed by atoms with Crippen LogP contribution in [0.5, 0.6) is 0 Å². The molecule has 0 radical (unpaired) electrons. The number of nitrogens with zero attached hydrogens (tertiary/aromatic N) is 7. The molecule has 1 heterocycles. The van der Waals surface area contributed by atoms with Gasteiger partial charge in [-0.3, -0.25) is 52.7 Å². The van der Waals surface area contributed by atoms with E-state index >= 15 is 14.4 Å². The predicted molar refractivity (Wildman–Crippen MR) is 330 cm³/mol. The second-order valence-corrected chi connectivity index (χ2v) is 26.3. The smallest absolute Gasteiger partial charge is 0.276 e. The van der Waals surface area contributed by atoms with Crippen molar-refractivity contribution in [3.63, 3.8) is 0 Å². The van der Waals surface area contributed by atoms with E-state index in [1.165, 1.54) is 77.9 Å². The maximum Gasteiger partial charge on any atom is 0.276 e. The molecule has 0 aromatic heterocycles. The minimum absolute atomic E-state index is 0.00330. The summed E-state index contributed by atoms with van der Waals surface area (Å²) in [6.07, 6.45) is 2.29. The van der Waals surface area contributed by atoms with Crippen molar-refractivity contribution in [3.8, 4) is 0 Å². The lowest BCUT2D eigenvalue weighted by atomic mass is 9.91. The highest BCUT2D eigenvalue weighted by molar-refractivity contribution is 6.00. The summed E-state index contributed by atoms with van der Waals surface area (Å²) in [7, 11) is 9.38. The first-order chi connectivity index (χ1) is 39.6. The minimum Gasteiger partial charge on any atom is -0.390 e. The van der Waals surface area contributed by atoms with E-state index in [9.17, 15) is 48.6 Å². The molecule has 1 aliphatic heterocycles. The molecule has 1 saturated heterocycles. The zero-order valence-corrected chi connectivity index (χ0v) is 56.4. The van der Waals surface area contributed by atoms with Crippen molar-refractivity contribution >= 4 is 65.0 Å². The normalized spacial score (nSPS) is 27.6. The third-order valence-electron chi connectivity index (χ3n) is 16.2. The van der Waals surface area contributed by atoms with E-state index in [1.807, 2.05) is 41.5 Å². The number of carbonyl (C=O) groups is 11. The molecule has 1 rings (SSSR count). The van der Waals surface area contributed by atoms with Crippen LogP contribution < -0.4 is 21.3 Å². The molecule has 24 heteroatoms. The van der Waals surface area contributed by atoms with E-state index in [0.29, 0.717) is 0 Å². The molecule has 24 nitrogen and oxygen atoms in total. The standard InChI is InChI=1S/C62H111N11O13/c1-25-27-28-40(15)51(75)50-55(79)65-43(26-2)57(81)67(18)33-47(74)68(19)44(29-34(3)4)54(78)66-48(38(11)12)59(83)69(20)45(30-35(5)6)53(77)63-41(16)52(76)64-42(17)56(80)73(24)62(86,32-37(9)10)61(85)70(21)46(31-36(7)8)58(82)71(22)49(39(13)14)60(84)72(50)23/h25,27,34-46,48-51,75,86H,26,28-33H2,1-24H3,(H,63,77)(H,64,76)(H,65,79)(H,66,78)/b27-25+/t40-,41+,42-,43+,44+,45+,46+,48+,49+,50+,51-,62+/m1/s1. The Hall–Kier alpha value is -6.17. The predicted octanol–water partition coefficient (Wildman–Crippen LogP) is 2.59. The molecule has 0 spiro atoms. The topological polar surface area (TPSA) is 299 Å². The molecule has 0 bridgehead atoms. The molecule has 0 unspecified atom stereocenters. The van der Waals surface area contributed by atoms with Gasteiger partial charge in [0.05, 0.1) is 12.6 Å². The molecule has 0 aliphatic carbocycles. The Morgan fingerprint density at radius 3 is 1.47 bits per heavy atom. The Labute approximate surface area is 513 Å². The summed E-state index contributed by atoms with van der Waals surface area (Å²) >= 11 is 0. The van der Waals surface area contributed by atoms with Crippen molar-refractivity contribution in [1.82, 2.24) is 55.6 Å². The van der Waals surface area contributed by atoms with Crippen LogP contribution >= 0.6 is 0 Å². The second kappa shape index (κ2) is 34.4. The second-order valence-electron chi connectivity index (χ2n) is 26.3. The number of aliphatic hydroxyl groups excluding tert-OH is 1. The number of likely N-dealkylation sites (N-methyl/N-ethyl adjacent to an activating group) is 7. The molecular weight excluding hydrogens is 1110 g/mol. The van der Waals surface area contributed by atoms with Crippen molar-refractivity contribution in [2.75, 3.05) is 55.9 Å². The fourth-order valence-electron chi connectivity index (χ4n) is 10.8. The molecule has 1 aliphatic rings. The number of rotatable bonds is 15. The number of allylic oxidation sites excluding steroid dienone is 2. The number of carbonyl (C=O) groups excluding carboxylic acids is 11. The molecule has 0 aromatic rings. The van der Waals surface area contributed by atoms with Crippen molar-refractivity contribution < 1.29 is 63.0 Å². The van der Waals surface area contributed by atoms with Gasteiger partial charge in [0.2, 0.25) is 64.8 Å². The molecule has 492 valence electrons. The molecular formula is C62H111N11O13. The summed E-state index contributed by atoms with van der Waals surface area (Å²) < 4.78 is 0.